The minimum Gasteiger partial charge on any atom is -0.268 e. The van der Waals surface area contributed by atoms with Gasteiger partial charge in [-0.25, -0.2) is 0 Å². The summed E-state index contributed by atoms with van der Waals surface area (Å²) in [6, 6.07) is 2.82. The van der Waals surface area contributed by atoms with Gasteiger partial charge in [0.05, 0.1) is 18.2 Å². The van der Waals surface area contributed by atoms with Crippen LogP contribution >= 0.6 is 0 Å². The van der Waals surface area contributed by atoms with Crippen LogP contribution in [0.5, 0.6) is 0 Å². The van der Waals surface area contributed by atoms with Crippen LogP contribution in [0, 0.1) is 17.2 Å². The van der Waals surface area contributed by atoms with Crippen LogP contribution < -0.4 is 0 Å². The fourth-order valence-corrected chi connectivity index (χ4v) is 1.52. The Morgan fingerprint density at radius 2 is 2.19 bits per heavy atom. The summed E-state index contributed by atoms with van der Waals surface area (Å²) in [7, 11) is 0. The summed E-state index contributed by atoms with van der Waals surface area (Å²) < 4.78 is 38.6. The predicted octanol–water partition coefficient (Wildman–Crippen LogP) is 2.38. The molecule has 1 saturated carbocycles. The van der Waals surface area contributed by atoms with Gasteiger partial charge in [0.2, 0.25) is 0 Å². The second kappa shape index (κ2) is 3.81. The highest BCUT2D eigenvalue weighted by molar-refractivity contribution is 5.16. The van der Waals surface area contributed by atoms with Gasteiger partial charge in [-0.15, -0.1) is 0 Å². The van der Waals surface area contributed by atoms with Crippen LogP contribution in [0.15, 0.2) is 6.07 Å². The van der Waals surface area contributed by atoms with Gasteiger partial charge in [-0.2, -0.15) is 23.5 Å². The first-order valence-electron chi connectivity index (χ1n) is 5.01. The zero-order valence-corrected chi connectivity index (χ0v) is 8.46. The van der Waals surface area contributed by atoms with Gasteiger partial charge in [-0.1, -0.05) is 0 Å². The molecule has 0 spiro atoms. The van der Waals surface area contributed by atoms with Crippen LogP contribution in [-0.2, 0) is 19.1 Å². The van der Waals surface area contributed by atoms with Crippen molar-refractivity contribution in [1.29, 1.82) is 5.26 Å². The van der Waals surface area contributed by atoms with E-state index in [1.807, 2.05) is 6.07 Å². The van der Waals surface area contributed by atoms with Crippen LogP contribution in [0.2, 0.25) is 0 Å². The third-order valence-corrected chi connectivity index (χ3v) is 2.54. The summed E-state index contributed by atoms with van der Waals surface area (Å²) in [5.41, 5.74) is -0.555. The van der Waals surface area contributed by atoms with Crippen molar-refractivity contribution in [3.8, 4) is 6.07 Å². The van der Waals surface area contributed by atoms with Crippen molar-refractivity contribution >= 4 is 0 Å². The topological polar surface area (TPSA) is 41.6 Å². The van der Waals surface area contributed by atoms with E-state index in [2.05, 4.69) is 5.10 Å². The Morgan fingerprint density at radius 3 is 2.69 bits per heavy atom. The predicted molar refractivity (Wildman–Crippen MR) is 49.3 cm³/mol. The number of aromatic nitrogens is 2. The number of hydrogen-bond donors (Lipinski definition) is 0. The van der Waals surface area contributed by atoms with E-state index in [1.165, 1.54) is 4.68 Å². The SMILES string of the molecule is N#CCc1cc(C(F)(F)F)nn1CC1CC1. The van der Waals surface area contributed by atoms with E-state index >= 15 is 0 Å². The second-order valence-electron chi connectivity index (χ2n) is 3.98. The summed E-state index contributed by atoms with van der Waals surface area (Å²) in [5.74, 6) is 0.429. The van der Waals surface area contributed by atoms with Gasteiger partial charge in [0.1, 0.15) is 0 Å². The number of hydrogen-bond acceptors (Lipinski definition) is 2. The normalized spacial score (nSPS) is 16.1. The van der Waals surface area contributed by atoms with Gasteiger partial charge in [-0.05, 0) is 24.8 Å². The average Bonchev–Trinajstić information content (AvgIpc) is 2.88. The molecule has 1 fully saturated rings. The number of halogens is 3. The first kappa shape index (κ1) is 11.0. The van der Waals surface area contributed by atoms with Crippen LogP contribution in [0.4, 0.5) is 13.2 Å². The minimum atomic E-state index is -4.43. The van der Waals surface area contributed by atoms with E-state index in [-0.39, 0.29) is 6.42 Å². The average molecular weight is 229 g/mol. The summed E-state index contributed by atoms with van der Waals surface area (Å²) in [5, 5.41) is 12.1. The molecule has 0 amide bonds. The van der Waals surface area contributed by atoms with E-state index < -0.39 is 11.9 Å². The molecule has 2 rings (SSSR count). The smallest absolute Gasteiger partial charge is 0.268 e. The number of nitriles is 1. The Labute approximate surface area is 90.5 Å². The van der Waals surface area contributed by atoms with Gasteiger partial charge >= 0.3 is 6.18 Å². The molecule has 1 aliphatic carbocycles. The third kappa shape index (κ3) is 2.35. The van der Waals surface area contributed by atoms with E-state index in [9.17, 15) is 13.2 Å². The molecule has 0 N–H and O–H groups in total. The lowest BCUT2D eigenvalue weighted by atomic mass is 10.3. The van der Waals surface area contributed by atoms with E-state index in [4.69, 9.17) is 5.26 Å². The van der Waals surface area contributed by atoms with Crippen molar-refractivity contribution in [1.82, 2.24) is 9.78 Å². The summed E-state index contributed by atoms with van der Waals surface area (Å²) in [6.45, 7) is 0.493. The van der Waals surface area contributed by atoms with Crippen LogP contribution in [0.25, 0.3) is 0 Å². The van der Waals surface area contributed by atoms with Crippen LogP contribution in [0.1, 0.15) is 24.2 Å². The van der Waals surface area contributed by atoms with Crippen molar-refractivity contribution in [3.63, 3.8) is 0 Å². The lowest BCUT2D eigenvalue weighted by molar-refractivity contribution is -0.141. The highest BCUT2D eigenvalue weighted by Crippen LogP contribution is 2.33. The maximum absolute atomic E-state index is 12.4. The Balaban J connectivity index is 2.26. The quantitative estimate of drug-likeness (QED) is 0.798. The largest absolute Gasteiger partial charge is 0.435 e. The number of nitrogens with zero attached hydrogens (tertiary/aromatic N) is 3. The molecule has 1 aromatic heterocycles. The lowest BCUT2D eigenvalue weighted by Gasteiger charge is -2.03. The maximum Gasteiger partial charge on any atom is 0.435 e. The fourth-order valence-electron chi connectivity index (χ4n) is 1.52. The van der Waals surface area contributed by atoms with E-state index in [0.717, 1.165) is 18.9 Å². The maximum atomic E-state index is 12.4. The molecule has 0 bridgehead atoms. The molecule has 1 heterocycles. The van der Waals surface area contributed by atoms with Crippen molar-refractivity contribution in [2.45, 2.75) is 32.0 Å². The van der Waals surface area contributed by atoms with Crippen LogP contribution in [-0.4, -0.2) is 9.78 Å². The molecule has 0 saturated heterocycles. The highest BCUT2D eigenvalue weighted by atomic mass is 19.4. The molecule has 6 heteroatoms. The van der Waals surface area contributed by atoms with Gasteiger partial charge in [-0.3, -0.25) is 4.68 Å². The summed E-state index contributed by atoms with van der Waals surface area (Å²) in [4.78, 5) is 0. The summed E-state index contributed by atoms with van der Waals surface area (Å²) in [6.07, 6.45) is -2.39. The van der Waals surface area contributed by atoms with Crippen molar-refractivity contribution in [3.05, 3.63) is 17.5 Å². The molecule has 1 aromatic rings. The van der Waals surface area contributed by atoms with E-state index in [1.54, 1.807) is 0 Å². The van der Waals surface area contributed by atoms with Crippen molar-refractivity contribution in [2.75, 3.05) is 0 Å². The van der Waals surface area contributed by atoms with Gasteiger partial charge in [0, 0.05) is 6.54 Å². The third-order valence-electron chi connectivity index (χ3n) is 2.54. The molecular weight excluding hydrogens is 219 g/mol. The molecule has 16 heavy (non-hydrogen) atoms. The van der Waals surface area contributed by atoms with Gasteiger partial charge in [0.15, 0.2) is 5.69 Å². The standard InChI is InChI=1S/C10H10F3N3/c11-10(12,13)9-5-8(3-4-14)16(15-9)6-7-1-2-7/h5,7H,1-3,6H2. The molecule has 86 valence electrons. The highest BCUT2D eigenvalue weighted by Gasteiger charge is 2.35. The monoisotopic (exact) mass is 229 g/mol. The Morgan fingerprint density at radius 1 is 1.50 bits per heavy atom. The number of rotatable bonds is 3. The first-order valence-corrected chi connectivity index (χ1v) is 5.01. The molecule has 0 radical (unpaired) electrons. The fraction of sp³-hybridized carbons (Fsp3) is 0.600. The molecule has 0 aliphatic heterocycles. The minimum absolute atomic E-state index is 0.0319. The van der Waals surface area contributed by atoms with E-state index in [0.29, 0.717) is 18.2 Å². The Bertz CT molecular complexity index is 423. The molecule has 0 atom stereocenters. The molecule has 1 aliphatic rings. The molecule has 3 nitrogen and oxygen atoms in total. The zero-order chi connectivity index (χ0) is 11.8. The molecule has 0 unspecified atom stereocenters. The van der Waals surface area contributed by atoms with Gasteiger partial charge < -0.3 is 0 Å². The van der Waals surface area contributed by atoms with Crippen molar-refractivity contribution < 1.29 is 13.2 Å². The summed E-state index contributed by atoms with van der Waals surface area (Å²) >= 11 is 0. The second-order valence-corrected chi connectivity index (χ2v) is 3.98. The Kier molecular flexibility index (Phi) is 2.62. The Hall–Kier alpha value is -1.51. The lowest BCUT2D eigenvalue weighted by Crippen LogP contribution is -2.09. The molecular formula is C10H10F3N3. The first-order chi connectivity index (χ1) is 7.50. The zero-order valence-electron chi connectivity index (χ0n) is 8.46. The number of alkyl halides is 3. The van der Waals surface area contributed by atoms with Gasteiger partial charge in [0.25, 0.3) is 0 Å². The van der Waals surface area contributed by atoms with Crippen LogP contribution in [0.3, 0.4) is 0 Å². The van der Waals surface area contributed by atoms with Crippen molar-refractivity contribution in [2.24, 2.45) is 5.92 Å². The molecule has 0 aromatic carbocycles.